The zero-order valence-corrected chi connectivity index (χ0v) is 7.08. The van der Waals surface area contributed by atoms with E-state index in [-0.39, 0.29) is 0 Å². The Morgan fingerprint density at radius 2 is 2.17 bits per heavy atom. The number of hydrazine groups is 2. The molecule has 0 aromatic heterocycles. The third-order valence-corrected chi connectivity index (χ3v) is 2.54. The topological polar surface area (TPSA) is 47.5 Å². The van der Waals surface area contributed by atoms with Crippen LogP contribution in [-0.4, -0.2) is 22.3 Å². The molecule has 1 aliphatic carbocycles. The van der Waals surface area contributed by atoms with Gasteiger partial charge in [0.05, 0.1) is 12.1 Å². The Morgan fingerprint density at radius 3 is 2.75 bits per heavy atom. The molecule has 12 heavy (non-hydrogen) atoms. The molecule has 0 amide bonds. The van der Waals surface area contributed by atoms with Gasteiger partial charge in [0.15, 0.2) is 0 Å². The highest BCUT2D eigenvalue weighted by Gasteiger charge is 2.32. The molecule has 0 atom stereocenters. The summed E-state index contributed by atoms with van der Waals surface area (Å²) in [6.45, 7) is 0.677. The van der Waals surface area contributed by atoms with Crippen molar-refractivity contribution in [2.45, 2.75) is 31.3 Å². The number of aliphatic hydroxyl groups is 1. The standard InChI is InChI=1S/C8H15N3O/c12-8(3-1-2-4-8)7-11-6-5-9-10-11/h5-6,9-10,12H,1-4,7H2. The van der Waals surface area contributed by atoms with Crippen LogP contribution in [0.1, 0.15) is 25.7 Å². The summed E-state index contributed by atoms with van der Waals surface area (Å²) in [6.07, 6.45) is 7.88. The number of hydrogen-bond acceptors (Lipinski definition) is 4. The van der Waals surface area contributed by atoms with Crippen molar-refractivity contribution < 1.29 is 5.11 Å². The minimum atomic E-state index is -0.469. The Labute approximate surface area is 72.2 Å². The Balaban J connectivity index is 1.88. The zero-order valence-electron chi connectivity index (χ0n) is 7.08. The first-order chi connectivity index (χ1) is 5.79. The van der Waals surface area contributed by atoms with Crippen molar-refractivity contribution in [3.8, 4) is 0 Å². The normalized spacial score (nSPS) is 26.2. The van der Waals surface area contributed by atoms with Gasteiger partial charge in [-0.05, 0) is 12.8 Å². The van der Waals surface area contributed by atoms with Crippen LogP contribution in [-0.2, 0) is 0 Å². The van der Waals surface area contributed by atoms with Gasteiger partial charge >= 0.3 is 0 Å². The molecule has 3 N–H and O–H groups in total. The smallest absolute Gasteiger partial charge is 0.0838 e. The number of β-amino-alcohol motifs (C(OH)–C–C–N with tert-alkyl or cyclic N) is 1. The van der Waals surface area contributed by atoms with Crippen LogP contribution in [0.2, 0.25) is 0 Å². The molecular weight excluding hydrogens is 154 g/mol. The molecule has 1 fully saturated rings. The molecule has 4 heteroatoms. The molecule has 0 spiro atoms. The summed E-state index contributed by atoms with van der Waals surface area (Å²) < 4.78 is 0. The van der Waals surface area contributed by atoms with E-state index in [9.17, 15) is 5.11 Å². The summed E-state index contributed by atoms with van der Waals surface area (Å²) in [5, 5.41) is 11.9. The maximum absolute atomic E-state index is 10.0. The first kappa shape index (κ1) is 7.89. The molecule has 0 aromatic carbocycles. The van der Waals surface area contributed by atoms with Gasteiger partial charge in [-0.25, -0.2) is 0 Å². The van der Waals surface area contributed by atoms with Crippen molar-refractivity contribution >= 4 is 0 Å². The van der Waals surface area contributed by atoms with E-state index in [1.165, 1.54) is 0 Å². The summed E-state index contributed by atoms with van der Waals surface area (Å²) in [5.41, 5.74) is 5.30. The number of nitrogens with one attached hydrogen (secondary N) is 2. The Morgan fingerprint density at radius 1 is 1.42 bits per heavy atom. The lowest BCUT2D eigenvalue weighted by Crippen LogP contribution is -2.45. The zero-order chi connectivity index (χ0) is 8.44. The van der Waals surface area contributed by atoms with E-state index in [1.54, 1.807) is 0 Å². The predicted octanol–water partition coefficient (Wildman–Crippen LogP) is 0.0875. The van der Waals surface area contributed by atoms with Gasteiger partial charge in [0, 0.05) is 12.4 Å². The molecule has 0 bridgehead atoms. The van der Waals surface area contributed by atoms with Crippen LogP contribution in [0.25, 0.3) is 0 Å². The Bertz CT molecular complexity index is 187. The summed E-state index contributed by atoms with van der Waals surface area (Å²) >= 11 is 0. The number of hydrogen-bond donors (Lipinski definition) is 3. The Hall–Kier alpha value is -0.740. The van der Waals surface area contributed by atoms with Gasteiger partial charge in [0.2, 0.25) is 0 Å². The number of rotatable bonds is 2. The Kier molecular flexibility index (Phi) is 1.94. The van der Waals surface area contributed by atoms with E-state index in [0.717, 1.165) is 25.7 Å². The van der Waals surface area contributed by atoms with E-state index < -0.39 is 5.60 Å². The fraction of sp³-hybridized carbons (Fsp3) is 0.750. The molecule has 1 aliphatic heterocycles. The number of nitrogens with zero attached hydrogens (tertiary/aromatic N) is 1. The lowest BCUT2D eigenvalue weighted by Gasteiger charge is -2.27. The average Bonchev–Trinajstić information content (AvgIpc) is 2.62. The van der Waals surface area contributed by atoms with Gasteiger partial charge in [0.25, 0.3) is 0 Å². The van der Waals surface area contributed by atoms with Gasteiger partial charge in [-0.1, -0.05) is 12.8 Å². The molecule has 0 saturated heterocycles. The minimum absolute atomic E-state index is 0.469. The highest BCUT2D eigenvalue weighted by molar-refractivity contribution is 4.92. The van der Waals surface area contributed by atoms with E-state index >= 15 is 0 Å². The first-order valence-electron chi connectivity index (χ1n) is 4.45. The molecular formula is C8H15N3O. The molecule has 1 saturated carbocycles. The second-order valence-corrected chi connectivity index (χ2v) is 3.63. The van der Waals surface area contributed by atoms with Gasteiger partial charge < -0.3 is 10.5 Å². The van der Waals surface area contributed by atoms with Crippen molar-refractivity contribution in [3.05, 3.63) is 12.4 Å². The quantitative estimate of drug-likeness (QED) is 0.548. The molecule has 2 rings (SSSR count). The summed E-state index contributed by atoms with van der Waals surface area (Å²) in [7, 11) is 0. The highest BCUT2D eigenvalue weighted by Crippen LogP contribution is 2.29. The van der Waals surface area contributed by atoms with E-state index in [0.29, 0.717) is 6.54 Å². The van der Waals surface area contributed by atoms with Crippen molar-refractivity contribution in [3.63, 3.8) is 0 Å². The fourth-order valence-corrected chi connectivity index (χ4v) is 1.89. The van der Waals surface area contributed by atoms with Crippen LogP contribution in [0.5, 0.6) is 0 Å². The molecule has 2 aliphatic rings. The van der Waals surface area contributed by atoms with E-state index in [2.05, 4.69) is 11.0 Å². The van der Waals surface area contributed by atoms with Crippen LogP contribution in [0, 0.1) is 0 Å². The first-order valence-corrected chi connectivity index (χ1v) is 4.45. The maximum atomic E-state index is 10.0. The fourth-order valence-electron chi connectivity index (χ4n) is 1.89. The van der Waals surface area contributed by atoms with Gasteiger partial charge in [-0.2, -0.15) is 0 Å². The van der Waals surface area contributed by atoms with Crippen LogP contribution in [0.3, 0.4) is 0 Å². The lowest BCUT2D eigenvalue weighted by atomic mass is 10.0. The van der Waals surface area contributed by atoms with Gasteiger partial charge in [0.1, 0.15) is 0 Å². The van der Waals surface area contributed by atoms with Gasteiger partial charge in [-0.3, -0.25) is 5.01 Å². The molecule has 4 nitrogen and oxygen atoms in total. The monoisotopic (exact) mass is 169 g/mol. The second kappa shape index (κ2) is 2.95. The van der Waals surface area contributed by atoms with Crippen molar-refractivity contribution in [1.82, 2.24) is 16.0 Å². The third kappa shape index (κ3) is 1.54. The summed E-state index contributed by atoms with van der Waals surface area (Å²) in [4.78, 5) is 0. The molecule has 0 radical (unpaired) electrons. The molecule has 1 heterocycles. The minimum Gasteiger partial charge on any atom is -0.388 e. The second-order valence-electron chi connectivity index (χ2n) is 3.63. The predicted molar refractivity (Wildman–Crippen MR) is 45.5 cm³/mol. The largest absolute Gasteiger partial charge is 0.388 e. The van der Waals surface area contributed by atoms with Crippen molar-refractivity contribution in [2.24, 2.45) is 0 Å². The van der Waals surface area contributed by atoms with Crippen LogP contribution in [0.15, 0.2) is 12.4 Å². The average molecular weight is 169 g/mol. The van der Waals surface area contributed by atoms with Crippen molar-refractivity contribution in [2.75, 3.05) is 6.54 Å². The summed E-state index contributed by atoms with van der Waals surface area (Å²) in [6, 6.07) is 0. The third-order valence-electron chi connectivity index (χ3n) is 2.54. The molecule has 0 aromatic rings. The van der Waals surface area contributed by atoms with Crippen LogP contribution < -0.4 is 11.0 Å². The van der Waals surface area contributed by atoms with Crippen LogP contribution in [0.4, 0.5) is 0 Å². The van der Waals surface area contributed by atoms with E-state index in [4.69, 9.17) is 0 Å². The van der Waals surface area contributed by atoms with E-state index in [1.807, 2.05) is 17.4 Å². The van der Waals surface area contributed by atoms with Gasteiger partial charge in [-0.15, -0.1) is 5.53 Å². The lowest BCUT2D eigenvalue weighted by molar-refractivity contribution is 0.0101. The summed E-state index contributed by atoms with van der Waals surface area (Å²) in [5.74, 6) is 0. The SMILES string of the molecule is OC1(CN2C=CNN2)CCCC1. The molecule has 0 unspecified atom stereocenters. The van der Waals surface area contributed by atoms with Crippen LogP contribution >= 0.6 is 0 Å². The maximum Gasteiger partial charge on any atom is 0.0838 e. The molecule has 68 valence electrons. The van der Waals surface area contributed by atoms with Crippen molar-refractivity contribution in [1.29, 1.82) is 0 Å². The highest BCUT2D eigenvalue weighted by atomic mass is 16.3.